The standard InChI is InChI=1S/C22H26N2O4/c1-22(2,3)24-21(26)16-8-10-17(11-9-16)23-20(25)13-7-15-6-12-18(27-4)19(14-15)28-5/h6-14H,1-5H3,(H,23,25)(H,24,26)/b13-7+. The third kappa shape index (κ3) is 6.16. The van der Waals surface area contributed by atoms with Gasteiger partial charge >= 0.3 is 0 Å². The Balaban J connectivity index is 1.99. The highest BCUT2D eigenvalue weighted by Crippen LogP contribution is 2.28. The lowest BCUT2D eigenvalue weighted by Crippen LogP contribution is -2.40. The second-order valence-electron chi connectivity index (χ2n) is 7.22. The number of methoxy groups -OCH3 is 2. The number of nitrogens with one attached hydrogen (secondary N) is 2. The minimum Gasteiger partial charge on any atom is -0.493 e. The Labute approximate surface area is 165 Å². The van der Waals surface area contributed by atoms with Gasteiger partial charge in [0.15, 0.2) is 11.5 Å². The zero-order valence-corrected chi connectivity index (χ0v) is 16.8. The number of hydrogen-bond acceptors (Lipinski definition) is 4. The van der Waals surface area contributed by atoms with Crippen molar-refractivity contribution >= 4 is 23.6 Å². The number of carbonyl (C=O) groups excluding carboxylic acids is 2. The Morgan fingerprint density at radius 1 is 0.929 bits per heavy atom. The van der Waals surface area contributed by atoms with Gasteiger partial charge in [-0.1, -0.05) is 6.07 Å². The number of carbonyl (C=O) groups is 2. The molecule has 0 aliphatic heterocycles. The summed E-state index contributed by atoms with van der Waals surface area (Å²) in [5.74, 6) is 0.786. The maximum Gasteiger partial charge on any atom is 0.251 e. The van der Waals surface area contributed by atoms with Crippen LogP contribution in [0.25, 0.3) is 6.08 Å². The van der Waals surface area contributed by atoms with Gasteiger partial charge in [-0.15, -0.1) is 0 Å². The summed E-state index contributed by atoms with van der Waals surface area (Å²) in [5.41, 5.74) is 1.64. The molecule has 2 aromatic carbocycles. The molecule has 2 aromatic rings. The highest BCUT2D eigenvalue weighted by atomic mass is 16.5. The van der Waals surface area contributed by atoms with Crippen LogP contribution in [0.15, 0.2) is 48.5 Å². The van der Waals surface area contributed by atoms with Gasteiger partial charge in [0.1, 0.15) is 0 Å². The fourth-order valence-electron chi connectivity index (χ4n) is 2.43. The van der Waals surface area contributed by atoms with Crippen molar-refractivity contribution in [2.45, 2.75) is 26.3 Å². The average molecular weight is 382 g/mol. The molecular formula is C22H26N2O4. The normalized spacial score (nSPS) is 11.2. The summed E-state index contributed by atoms with van der Waals surface area (Å²) in [6, 6.07) is 12.1. The lowest BCUT2D eigenvalue weighted by molar-refractivity contribution is -0.111. The van der Waals surface area contributed by atoms with E-state index >= 15 is 0 Å². The van der Waals surface area contributed by atoms with Crippen molar-refractivity contribution in [1.29, 1.82) is 0 Å². The zero-order valence-electron chi connectivity index (χ0n) is 16.8. The minimum atomic E-state index is -0.307. The molecule has 0 unspecified atom stereocenters. The predicted molar refractivity (Wildman–Crippen MR) is 111 cm³/mol. The smallest absolute Gasteiger partial charge is 0.251 e. The minimum absolute atomic E-state index is 0.154. The van der Waals surface area contributed by atoms with Crippen molar-refractivity contribution in [2.24, 2.45) is 0 Å². The Kier molecular flexibility index (Phi) is 6.82. The van der Waals surface area contributed by atoms with Crippen LogP contribution in [-0.2, 0) is 4.79 Å². The van der Waals surface area contributed by atoms with Crippen LogP contribution in [0.2, 0.25) is 0 Å². The quantitative estimate of drug-likeness (QED) is 0.743. The molecule has 6 nitrogen and oxygen atoms in total. The summed E-state index contributed by atoms with van der Waals surface area (Å²) in [4.78, 5) is 24.3. The van der Waals surface area contributed by atoms with Gasteiger partial charge in [-0.2, -0.15) is 0 Å². The van der Waals surface area contributed by atoms with E-state index in [0.717, 1.165) is 5.56 Å². The lowest BCUT2D eigenvalue weighted by Gasteiger charge is -2.20. The van der Waals surface area contributed by atoms with Crippen LogP contribution in [0.3, 0.4) is 0 Å². The van der Waals surface area contributed by atoms with Crippen molar-refractivity contribution < 1.29 is 19.1 Å². The number of hydrogen-bond donors (Lipinski definition) is 2. The summed E-state index contributed by atoms with van der Waals surface area (Å²) in [6.45, 7) is 5.76. The highest BCUT2D eigenvalue weighted by molar-refractivity contribution is 6.02. The number of ether oxygens (including phenoxy) is 2. The van der Waals surface area contributed by atoms with Gasteiger partial charge in [0.25, 0.3) is 5.91 Å². The summed E-state index contributed by atoms with van der Waals surface area (Å²) in [6.07, 6.45) is 3.11. The molecule has 0 bridgehead atoms. The molecule has 0 aromatic heterocycles. The first-order valence-electron chi connectivity index (χ1n) is 8.85. The molecule has 0 aliphatic rings. The maximum atomic E-state index is 12.1. The van der Waals surface area contributed by atoms with Gasteiger partial charge in [0.05, 0.1) is 14.2 Å². The number of amides is 2. The molecule has 2 amide bonds. The summed E-state index contributed by atoms with van der Waals surface area (Å²) in [5, 5.41) is 5.66. The van der Waals surface area contributed by atoms with Crippen molar-refractivity contribution in [3.05, 3.63) is 59.7 Å². The number of anilines is 1. The van der Waals surface area contributed by atoms with Crippen LogP contribution < -0.4 is 20.1 Å². The fourth-order valence-corrected chi connectivity index (χ4v) is 2.43. The van der Waals surface area contributed by atoms with Crippen LogP contribution >= 0.6 is 0 Å². The third-order valence-corrected chi connectivity index (χ3v) is 3.74. The molecule has 0 atom stereocenters. The molecule has 0 fully saturated rings. The van der Waals surface area contributed by atoms with E-state index in [-0.39, 0.29) is 17.4 Å². The largest absolute Gasteiger partial charge is 0.493 e. The van der Waals surface area contributed by atoms with Gasteiger partial charge < -0.3 is 20.1 Å². The van der Waals surface area contributed by atoms with Gasteiger partial charge in [0, 0.05) is 22.9 Å². The van der Waals surface area contributed by atoms with E-state index < -0.39 is 0 Å². The van der Waals surface area contributed by atoms with Crippen LogP contribution in [0.5, 0.6) is 11.5 Å². The molecule has 0 radical (unpaired) electrons. The van der Waals surface area contributed by atoms with E-state index in [2.05, 4.69) is 10.6 Å². The molecule has 0 aliphatic carbocycles. The molecule has 0 saturated carbocycles. The Morgan fingerprint density at radius 3 is 2.14 bits per heavy atom. The molecule has 0 spiro atoms. The zero-order chi connectivity index (χ0) is 20.7. The maximum absolute atomic E-state index is 12.1. The number of rotatable bonds is 6. The van der Waals surface area contributed by atoms with E-state index in [4.69, 9.17) is 9.47 Å². The molecule has 0 heterocycles. The van der Waals surface area contributed by atoms with E-state index in [0.29, 0.717) is 22.7 Å². The van der Waals surface area contributed by atoms with Crippen molar-refractivity contribution in [3.63, 3.8) is 0 Å². The molecular weight excluding hydrogens is 356 g/mol. The Hall–Kier alpha value is -3.28. The van der Waals surface area contributed by atoms with E-state index in [1.807, 2.05) is 26.8 Å². The Morgan fingerprint density at radius 2 is 1.57 bits per heavy atom. The Bertz CT molecular complexity index is 865. The molecule has 6 heteroatoms. The van der Waals surface area contributed by atoms with Crippen molar-refractivity contribution in [3.8, 4) is 11.5 Å². The monoisotopic (exact) mass is 382 g/mol. The highest BCUT2D eigenvalue weighted by Gasteiger charge is 2.15. The van der Waals surface area contributed by atoms with E-state index in [9.17, 15) is 9.59 Å². The average Bonchev–Trinajstić information content (AvgIpc) is 2.65. The summed E-state index contributed by atoms with van der Waals surface area (Å²) < 4.78 is 10.4. The van der Waals surface area contributed by atoms with Crippen LogP contribution in [0.4, 0.5) is 5.69 Å². The molecule has 28 heavy (non-hydrogen) atoms. The predicted octanol–water partition coefficient (Wildman–Crippen LogP) is 3.88. The summed E-state index contributed by atoms with van der Waals surface area (Å²) in [7, 11) is 3.13. The topological polar surface area (TPSA) is 76.7 Å². The molecule has 2 N–H and O–H groups in total. The molecule has 2 rings (SSSR count). The van der Waals surface area contributed by atoms with Gasteiger partial charge in [-0.25, -0.2) is 0 Å². The van der Waals surface area contributed by atoms with Crippen molar-refractivity contribution in [2.75, 3.05) is 19.5 Å². The number of benzene rings is 2. The van der Waals surface area contributed by atoms with Gasteiger partial charge in [-0.3, -0.25) is 9.59 Å². The first-order valence-corrected chi connectivity index (χ1v) is 8.85. The van der Waals surface area contributed by atoms with E-state index in [1.54, 1.807) is 56.7 Å². The van der Waals surface area contributed by atoms with Crippen molar-refractivity contribution in [1.82, 2.24) is 5.32 Å². The second kappa shape index (κ2) is 9.08. The SMILES string of the molecule is COc1ccc(/C=C/C(=O)Nc2ccc(C(=O)NC(C)(C)C)cc2)cc1OC. The third-order valence-electron chi connectivity index (χ3n) is 3.74. The second-order valence-corrected chi connectivity index (χ2v) is 7.22. The fraction of sp³-hybridized carbons (Fsp3) is 0.273. The first-order chi connectivity index (χ1) is 13.2. The molecule has 0 saturated heterocycles. The van der Waals surface area contributed by atoms with E-state index in [1.165, 1.54) is 6.08 Å². The van der Waals surface area contributed by atoms with Gasteiger partial charge in [-0.05, 0) is 68.8 Å². The van der Waals surface area contributed by atoms with Crippen LogP contribution in [0, 0.1) is 0 Å². The lowest BCUT2D eigenvalue weighted by atomic mass is 10.1. The first kappa shape index (κ1) is 21.0. The molecule has 148 valence electrons. The van der Waals surface area contributed by atoms with Crippen LogP contribution in [-0.4, -0.2) is 31.6 Å². The summed E-state index contributed by atoms with van der Waals surface area (Å²) >= 11 is 0. The van der Waals surface area contributed by atoms with Crippen LogP contribution in [0.1, 0.15) is 36.7 Å². The van der Waals surface area contributed by atoms with Gasteiger partial charge in [0.2, 0.25) is 5.91 Å².